The average molecular weight is 322 g/mol. The van der Waals surface area contributed by atoms with Gasteiger partial charge < -0.3 is 4.90 Å². The summed E-state index contributed by atoms with van der Waals surface area (Å²) >= 11 is 0. The summed E-state index contributed by atoms with van der Waals surface area (Å²) < 4.78 is 23.2. The summed E-state index contributed by atoms with van der Waals surface area (Å²) in [4.78, 5) is 4.87. The van der Waals surface area contributed by atoms with Gasteiger partial charge in [0.25, 0.3) is 0 Å². The molecule has 2 aliphatic heterocycles. The first-order valence-corrected chi connectivity index (χ1v) is 10.0. The van der Waals surface area contributed by atoms with Crippen LogP contribution in [0.4, 0.5) is 5.69 Å². The molecule has 0 radical (unpaired) electrons. The molecule has 1 atom stereocenters. The average Bonchev–Trinajstić information content (AvgIpc) is 2.59. The van der Waals surface area contributed by atoms with Crippen molar-refractivity contribution in [3.63, 3.8) is 0 Å². The molecule has 3 rings (SSSR count). The molecule has 0 saturated carbocycles. The van der Waals surface area contributed by atoms with Crippen LogP contribution in [0, 0.1) is 5.92 Å². The van der Waals surface area contributed by atoms with Crippen molar-refractivity contribution < 1.29 is 8.42 Å². The Labute approximate surface area is 134 Å². The molecular formula is C17H26N2O2S. The molecule has 122 valence electrons. The van der Waals surface area contributed by atoms with E-state index in [1.165, 1.54) is 11.3 Å². The van der Waals surface area contributed by atoms with Gasteiger partial charge in [-0.15, -0.1) is 0 Å². The van der Waals surface area contributed by atoms with Crippen LogP contribution in [0.25, 0.3) is 0 Å². The lowest BCUT2D eigenvalue weighted by atomic mass is 10.0. The van der Waals surface area contributed by atoms with E-state index < -0.39 is 9.84 Å². The van der Waals surface area contributed by atoms with Crippen LogP contribution in [-0.4, -0.2) is 51.0 Å². The van der Waals surface area contributed by atoms with Gasteiger partial charge in [-0.05, 0) is 37.3 Å². The zero-order valence-electron chi connectivity index (χ0n) is 13.5. The Bertz CT molecular complexity index is 615. The van der Waals surface area contributed by atoms with Gasteiger partial charge in [-0.25, -0.2) is 8.42 Å². The molecule has 2 aliphatic rings. The number of rotatable bonds is 2. The predicted molar refractivity (Wildman–Crippen MR) is 91.0 cm³/mol. The smallest absolute Gasteiger partial charge is 0.150 e. The highest BCUT2D eigenvalue weighted by Gasteiger charge is 2.29. The van der Waals surface area contributed by atoms with E-state index >= 15 is 0 Å². The Kier molecular flexibility index (Phi) is 4.46. The van der Waals surface area contributed by atoms with Crippen LogP contribution in [-0.2, 0) is 16.4 Å². The summed E-state index contributed by atoms with van der Waals surface area (Å²) in [6, 6.07) is 9.09. The van der Waals surface area contributed by atoms with Gasteiger partial charge in [-0.2, -0.15) is 0 Å². The first-order valence-electron chi connectivity index (χ1n) is 8.18. The number of para-hydroxylation sites is 1. The fraction of sp³-hybridized carbons (Fsp3) is 0.647. The number of nitrogens with zero attached hydrogens (tertiary/aromatic N) is 2. The van der Waals surface area contributed by atoms with Crippen molar-refractivity contribution in [3.05, 3.63) is 29.8 Å². The molecule has 4 nitrogen and oxygen atoms in total. The summed E-state index contributed by atoms with van der Waals surface area (Å²) in [5.74, 6) is 1.26. The highest BCUT2D eigenvalue weighted by atomic mass is 32.2. The minimum atomic E-state index is -2.76. The van der Waals surface area contributed by atoms with E-state index in [9.17, 15) is 8.42 Å². The lowest BCUT2D eigenvalue weighted by Crippen LogP contribution is -2.42. The van der Waals surface area contributed by atoms with Crippen LogP contribution in [0.5, 0.6) is 0 Å². The Balaban J connectivity index is 1.71. The van der Waals surface area contributed by atoms with E-state index in [4.69, 9.17) is 0 Å². The summed E-state index contributed by atoms with van der Waals surface area (Å²) in [5.41, 5.74) is 2.70. The Morgan fingerprint density at radius 3 is 2.59 bits per heavy atom. The molecule has 1 saturated heterocycles. The normalized spacial score (nSPS) is 26.5. The van der Waals surface area contributed by atoms with Gasteiger partial charge in [0.15, 0.2) is 0 Å². The maximum absolute atomic E-state index is 11.6. The second-order valence-electron chi connectivity index (χ2n) is 6.88. The van der Waals surface area contributed by atoms with E-state index in [1.54, 1.807) is 0 Å². The maximum atomic E-state index is 11.6. The second kappa shape index (κ2) is 6.20. The number of likely N-dealkylation sites (N-methyl/N-ethyl adjacent to an activating group) is 1. The minimum Gasteiger partial charge on any atom is -0.373 e. The van der Waals surface area contributed by atoms with Gasteiger partial charge >= 0.3 is 0 Å². The molecule has 1 aromatic carbocycles. The summed E-state index contributed by atoms with van der Waals surface area (Å²) in [6.07, 6.45) is 1.64. The lowest BCUT2D eigenvalue weighted by molar-refractivity contribution is 0.170. The van der Waals surface area contributed by atoms with Crippen molar-refractivity contribution in [2.24, 2.45) is 5.92 Å². The largest absolute Gasteiger partial charge is 0.373 e. The van der Waals surface area contributed by atoms with E-state index in [0.29, 0.717) is 23.5 Å². The zero-order valence-corrected chi connectivity index (χ0v) is 14.3. The van der Waals surface area contributed by atoms with Gasteiger partial charge in [-0.3, -0.25) is 4.90 Å². The molecule has 0 aliphatic carbocycles. The second-order valence-corrected chi connectivity index (χ2v) is 9.19. The third-order valence-corrected chi connectivity index (χ3v) is 6.82. The van der Waals surface area contributed by atoms with E-state index in [1.807, 2.05) is 0 Å². The zero-order chi connectivity index (χ0) is 15.7. The van der Waals surface area contributed by atoms with Crippen LogP contribution in [0.2, 0.25) is 0 Å². The standard InChI is InChI=1S/C17H26N2O2S/c1-14-11-18(2)17-6-4-3-5-16(17)13-19(14)12-15-7-9-22(20,21)10-8-15/h3-6,14-15H,7-13H2,1-2H3. The van der Waals surface area contributed by atoms with Crippen LogP contribution >= 0.6 is 0 Å². The summed E-state index contributed by atoms with van der Waals surface area (Å²) in [5, 5.41) is 0. The summed E-state index contributed by atoms with van der Waals surface area (Å²) in [6.45, 7) is 5.27. The van der Waals surface area contributed by atoms with Gasteiger partial charge in [-0.1, -0.05) is 18.2 Å². The van der Waals surface area contributed by atoms with E-state index in [-0.39, 0.29) is 0 Å². The Hall–Kier alpha value is -1.07. The molecule has 22 heavy (non-hydrogen) atoms. The third kappa shape index (κ3) is 3.46. The van der Waals surface area contributed by atoms with Crippen LogP contribution in [0.3, 0.4) is 0 Å². The predicted octanol–water partition coefficient (Wildman–Crippen LogP) is 2.15. The molecule has 5 heteroatoms. The van der Waals surface area contributed by atoms with Crippen molar-refractivity contribution in [2.75, 3.05) is 36.5 Å². The number of hydrogen-bond acceptors (Lipinski definition) is 4. The van der Waals surface area contributed by atoms with Gasteiger partial charge in [0.1, 0.15) is 9.84 Å². The van der Waals surface area contributed by atoms with Crippen molar-refractivity contribution in [3.8, 4) is 0 Å². The molecule has 0 N–H and O–H groups in total. The number of fused-ring (bicyclic) bond motifs is 1. The Morgan fingerprint density at radius 1 is 1.18 bits per heavy atom. The highest BCUT2D eigenvalue weighted by Crippen LogP contribution is 2.28. The first kappa shape index (κ1) is 15.8. The van der Waals surface area contributed by atoms with Gasteiger partial charge in [0, 0.05) is 38.4 Å². The molecule has 1 unspecified atom stereocenters. The number of benzene rings is 1. The van der Waals surface area contributed by atoms with Crippen molar-refractivity contribution in [1.29, 1.82) is 0 Å². The van der Waals surface area contributed by atoms with Crippen molar-refractivity contribution in [1.82, 2.24) is 4.90 Å². The molecule has 0 aromatic heterocycles. The van der Waals surface area contributed by atoms with Crippen molar-refractivity contribution in [2.45, 2.75) is 32.4 Å². The molecule has 1 fully saturated rings. The molecule has 0 bridgehead atoms. The molecular weight excluding hydrogens is 296 g/mol. The molecule has 0 spiro atoms. The van der Waals surface area contributed by atoms with Gasteiger partial charge in [0.05, 0.1) is 11.5 Å². The number of sulfone groups is 1. The number of hydrogen-bond donors (Lipinski definition) is 0. The summed E-state index contributed by atoms with van der Waals surface area (Å²) in [7, 11) is -0.603. The molecule has 1 aromatic rings. The number of anilines is 1. The minimum absolute atomic E-state index is 0.371. The third-order valence-electron chi connectivity index (χ3n) is 5.10. The fourth-order valence-corrected chi connectivity index (χ4v) is 5.29. The van der Waals surface area contributed by atoms with Gasteiger partial charge in [0.2, 0.25) is 0 Å². The first-order chi connectivity index (χ1) is 10.4. The van der Waals surface area contributed by atoms with E-state index in [0.717, 1.165) is 32.5 Å². The fourth-order valence-electron chi connectivity index (χ4n) is 3.70. The lowest BCUT2D eigenvalue weighted by Gasteiger charge is -2.33. The van der Waals surface area contributed by atoms with Crippen LogP contribution in [0.15, 0.2) is 24.3 Å². The Morgan fingerprint density at radius 2 is 1.86 bits per heavy atom. The van der Waals surface area contributed by atoms with Crippen molar-refractivity contribution >= 4 is 15.5 Å². The topological polar surface area (TPSA) is 40.6 Å². The maximum Gasteiger partial charge on any atom is 0.150 e. The van der Waals surface area contributed by atoms with Crippen LogP contribution in [0.1, 0.15) is 25.3 Å². The molecule has 2 heterocycles. The highest BCUT2D eigenvalue weighted by molar-refractivity contribution is 7.91. The molecule has 0 amide bonds. The SMILES string of the molecule is CC1CN(C)c2ccccc2CN1CC1CCS(=O)(=O)CC1. The monoisotopic (exact) mass is 322 g/mol. The van der Waals surface area contributed by atoms with E-state index in [2.05, 4.69) is 48.0 Å². The van der Waals surface area contributed by atoms with Crippen LogP contribution < -0.4 is 4.90 Å². The quantitative estimate of drug-likeness (QED) is 0.836.